The Labute approximate surface area is 244 Å². The zero-order chi connectivity index (χ0) is 28.7. The van der Waals surface area contributed by atoms with E-state index in [0.717, 1.165) is 4.31 Å². The van der Waals surface area contributed by atoms with Gasteiger partial charge in [-0.1, -0.05) is 78.1 Å². The third kappa shape index (κ3) is 7.66. The molecule has 2 amide bonds. The minimum atomic E-state index is -4.26. The first kappa shape index (κ1) is 30.8. The van der Waals surface area contributed by atoms with Crippen LogP contribution in [-0.4, -0.2) is 43.8 Å². The van der Waals surface area contributed by atoms with E-state index in [1.165, 1.54) is 35.2 Å². The van der Waals surface area contributed by atoms with E-state index in [9.17, 15) is 18.0 Å². The van der Waals surface area contributed by atoms with E-state index in [1.54, 1.807) is 49.4 Å². The summed E-state index contributed by atoms with van der Waals surface area (Å²) in [5, 5.41) is 3.63. The van der Waals surface area contributed by atoms with Gasteiger partial charge < -0.3 is 10.2 Å². The largest absolute Gasteiger partial charge is 0.352 e. The van der Waals surface area contributed by atoms with E-state index in [4.69, 9.17) is 34.8 Å². The molecule has 7 nitrogen and oxygen atoms in total. The highest BCUT2D eigenvalue weighted by molar-refractivity contribution is 7.92. The van der Waals surface area contributed by atoms with Crippen LogP contribution in [-0.2, 0) is 26.2 Å². The normalized spacial score (nSPS) is 12.9. The lowest BCUT2D eigenvalue weighted by Crippen LogP contribution is -2.52. The van der Waals surface area contributed by atoms with Gasteiger partial charge in [0.25, 0.3) is 10.0 Å². The van der Waals surface area contributed by atoms with Gasteiger partial charge in [0.1, 0.15) is 12.6 Å². The first-order chi connectivity index (χ1) is 18.4. The van der Waals surface area contributed by atoms with Crippen LogP contribution >= 0.6 is 34.8 Å². The molecule has 3 aromatic carbocycles. The van der Waals surface area contributed by atoms with Gasteiger partial charge in [0.2, 0.25) is 11.8 Å². The second-order valence-electron chi connectivity index (χ2n) is 9.03. The van der Waals surface area contributed by atoms with Crippen molar-refractivity contribution in [1.82, 2.24) is 10.2 Å². The topological polar surface area (TPSA) is 86.8 Å². The molecule has 208 valence electrons. The van der Waals surface area contributed by atoms with Crippen molar-refractivity contribution in [1.29, 1.82) is 0 Å². The Kier molecular flexibility index (Phi) is 10.7. The van der Waals surface area contributed by atoms with Gasteiger partial charge in [-0.15, -0.1) is 0 Å². The van der Waals surface area contributed by atoms with Crippen molar-refractivity contribution in [2.75, 3.05) is 10.8 Å². The van der Waals surface area contributed by atoms with Crippen molar-refractivity contribution >= 4 is 62.3 Å². The van der Waals surface area contributed by atoms with E-state index < -0.39 is 28.5 Å². The summed E-state index contributed by atoms with van der Waals surface area (Å²) in [6, 6.07) is 18.0. The monoisotopic (exact) mass is 609 g/mol. The van der Waals surface area contributed by atoms with Crippen LogP contribution in [0.5, 0.6) is 0 Å². The molecule has 0 aliphatic rings. The number of carbonyl (C=O) groups excluding carboxylic acids is 2. The number of carbonyl (C=O) groups is 2. The van der Waals surface area contributed by atoms with Gasteiger partial charge in [0.05, 0.1) is 15.6 Å². The summed E-state index contributed by atoms with van der Waals surface area (Å²) in [6.07, 6.45) is 0.702. The van der Waals surface area contributed by atoms with Crippen LogP contribution in [0.4, 0.5) is 5.69 Å². The van der Waals surface area contributed by atoms with Gasteiger partial charge in [-0.05, 0) is 62.2 Å². The molecular weight excluding hydrogens is 581 g/mol. The maximum absolute atomic E-state index is 13.9. The molecule has 0 unspecified atom stereocenters. The quantitative estimate of drug-likeness (QED) is 0.281. The number of amides is 2. The fourth-order valence-corrected chi connectivity index (χ4v) is 5.85. The molecule has 0 saturated heterocycles. The summed E-state index contributed by atoms with van der Waals surface area (Å²) in [6.45, 7) is 4.73. The number of anilines is 1. The molecule has 3 rings (SSSR count). The summed E-state index contributed by atoms with van der Waals surface area (Å²) < 4.78 is 28.5. The van der Waals surface area contributed by atoms with Gasteiger partial charge in [-0.3, -0.25) is 13.9 Å². The molecule has 0 bridgehead atoms. The fraction of sp³-hybridized carbons (Fsp3) is 0.286. The van der Waals surface area contributed by atoms with Gasteiger partial charge in [0, 0.05) is 22.6 Å². The number of sulfonamides is 1. The van der Waals surface area contributed by atoms with E-state index >= 15 is 0 Å². The summed E-state index contributed by atoms with van der Waals surface area (Å²) >= 11 is 19.0. The molecule has 0 fully saturated rings. The summed E-state index contributed by atoms with van der Waals surface area (Å²) in [4.78, 5) is 28.3. The van der Waals surface area contributed by atoms with Crippen molar-refractivity contribution in [2.24, 2.45) is 0 Å². The number of nitrogens with zero attached hydrogens (tertiary/aromatic N) is 2. The molecule has 0 aromatic heterocycles. The van der Waals surface area contributed by atoms with Gasteiger partial charge in [-0.2, -0.15) is 0 Å². The maximum Gasteiger partial charge on any atom is 0.264 e. The molecule has 2 atom stereocenters. The summed E-state index contributed by atoms with van der Waals surface area (Å²) in [5.74, 6) is -1.000. The van der Waals surface area contributed by atoms with Crippen LogP contribution in [0.3, 0.4) is 0 Å². The number of hydrogen-bond donors (Lipinski definition) is 1. The number of rotatable bonds is 11. The molecule has 0 aliphatic heterocycles. The number of benzene rings is 3. The predicted octanol–water partition coefficient (Wildman–Crippen LogP) is 6.17. The van der Waals surface area contributed by atoms with E-state index in [1.807, 2.05) is 13.8 Å². The Morgan fingerprint density at radius 2 is 1.54 bits per heavy atom. The zero-order valence-electron chi connectivity index (χ0n) is 21.8. The first-order valence-corrected chi connectivity index (χ1v) is 14.9. The Morgan fingerprint density at radius 1 is 0.897 bits per heavy atom. The minimum Gasteiger partial charge on any atom is -0.352 e. The zero-order valence-corrected chi connectivity index (χ0v) is 24.9. The molecule has 0 heterocycles. The number of nitrogens with one attached hydrogen (secondary N) is 1. The third-order valence-electron chi connectivity index (χ3n) is 6.25. The van der Waals surface area contributed by atoms with E-state index in [2.05, 4.69) is 5.32 Å². The predicted molar refractivity (Wildman–Crippen MR) is 157 cm³/mol. The van der Waals surface area contributed by atoms with Crippen LogP contribution in [0.1, 0.15) is 32.8 Å². The van der Waals surface area contributed by atoms with Crippen molar-refractivity contribution in [2.45, 2.75) is 50.7 Å². The fourth-order valence-electron chi connectivity index (χ4n) is 3.77. The highest BCUT2D eigenvalue weighted by atomic mass is 35.5. The van der Waals surface area contributed by atoms with Crippen molar-refractivity contribution in [3.63, 3.8) is 0 Å². The molecule has 11 heteroatoms. The maximum atomic E-state index is 13.9. The van der Waals surface area contributed by atoms with Gasteiger partial charge >= 0.3 is 0 Å². The lowest BCUT2D eigenvalue weighted by Gasteiger charge is -2.33. The van der Waals surface area contributed by atoms with Crippen LogP contribution in [0, 0.1) is 0 Å². The van der Waals surface area contributed by atoms with Crippen LogP contribution < -0.4 is 9.62 Å². The highest BCUT2D eigenvalue weighted by Gasteiger charge is 2.34. The van der Waals surface area contributed by atoms with Crippen LogP contribution in [0.25, 0.3) is 0 Å². The minimum absolute atomic E-state index is 0.0178. The number of halogens is 3. The Morgan fingerprint density at radius 3 is 2.18 bits per heavy atom. The molecule has 39 heavy (non-hydrogen) atoms. The average Bonchev–Trinajstić information content (AvgIpc) is 2.92. The highest BCUT2D eigenvalue weighted by Crippen LogP contribution is 2.33. The Balaban J connectivity index is 2.07. The van der Waals surface area contributed by atoms with E-state index in [0.29, 0.717) is 17.0 Å². The van der Waals surface area contributed by atoms with Crippen LogP contribution in [0.15, 0.2) is 77.7 Å². The summed E-state index contributed by atoms with van der Waals surface area (Å²) in [5.41, 5.74) is 0.643. The second kappa shape index (κ2) is 13.5. The molecule has 0 aliphatic carbocycles. The number of hydrogen-bond acceptors (Lipinski definition) is 4. The Hall–Kier alpha value is -2.78. The summed E-state index contributed by atoms with van der Waals surface area (Å²) in [7, 11) is -4.26. The standard InChI is InChI=1S/C28H30Cl3N3O4S/c1-4-19(2)32-28(36)20(3)33(17-21-10-8-9-13-24(21)30)27(35)18-34(26-16-22(29)14-15-25(26)31)39(37,38)23-11-6-5-7-12-23/h5-16,19-20H,4,17-18H2,1-3H3,(H,32,36)/t19-,20+/m1/s1. The molecular formula is C28H30Cl3N3O4S. The first-order valence-electron chi connectivity index (χ1n) is 12.3. The van der Waals surface area contributed by atoms with Crippen molar-refractivity contribution < 1.29 is 18.0 Å². The smallest absolute Gasteiger partial charge is 0.264 e. The van der Waals surface area contributed by atoms with E-state index in [-0.39, 0.29) is 39.1 Å². The lowest BCUT2D eigenvalue weighted by atomic mass is 10.1. The Bertz CT molecular complexity index is 1420. The molecule has 3 aromatic rings. The third-order valence-corrected chi connectivity index (χ3v) is 8.95. The second-order valence-corrected chi connectivity index (χ2v) is 12.1. The van der Waals surface area contributed by atoms with Crippen molar-refractivity contribution in [3.8, 4) is 0 Å². The molecule has 1 N–H and O–H groups in total. The molecule has 0 saturated carbocycles. The van der Waals surface area contributed by atoms with Crippen LogP contribution in [0.2, 0.25) is 15.1 Å². The van der Waals surface area contributed by atoms with Crippen molar-refractivity contribution in [3.05, 3.63) is 93.4 Å². The van der Waals surface area contributed by atoms with Gasteiger partial charge in [-0.25, -0.2) is 8.42 Å². The SMILES string of the molecule is CC[C@@H](C)NC(=O)[C@H](C)N(Cc1ccccc1Cl)C(=O)CN(c1cc(Cl)ccc1Cl)S(=O)(=O)c1ccccc1. The molecule has 0 radical (unpaired) electrons. The van der Waals surface area contributed by atoms with Gasteiger partial charge in [0.15, 0.2) is 0 Å². The lowest BCUT2D eigenvalue weighted by molar-refractivity contribution is -0.139. The average molecular weight is 611 g/mol. The molecule has 0 spiro atoms.